The van der Waals surface area contributed by atoms with Gasteiger partial charge in [0, 0.05) is 12.1 Å². The summed E-state index contributed by atoms with van der Waals surface area (Å²) in [5.74, 6) is 1.05. The van der Waals surface area contributed by atoms with Crippen LogP contribution in [0.25, 0.3) is 0 Å². The Bertz CT molecular complexity index is 759. The lowest BCUT2D eigenvalue weighted by atomic mass is 10.1. The molecule has 0 unspecified atom stereocenters. The Morgan fingerprint density at radius 3 is 2.15 bits per heavy atom. The Morgan fingerprint density at radius 1 is 0.923 bits per heavy atom. The molecule has 0 atom stereocenters. The third-order valence-electron chi connectivity index (χ3n) is 4.05. The van der Waals surface area contributed by atoms with Crippen molar-refractivity contribution in [3.05, 3.63) is 53.1 Å². The van der Waals surface area contributed by atoms with Gasteiger partial charge in [0.05, 0.1) is 41.0 Å². The van der Waals surface area contributed by atoms with Crippen molar-refractivity contribution in [3.8, 4) is 17.2 Å². The Balaban J connectivity index is 2.21. The molecule has 0 fully saturated rings. The highest BCUT2D eigenvalue weighted by Crippen LogP contribution is 2.39. The number of quaternary nitrogens is 1. The number of rotatable bonds is 8. The minimum absolute atomic E-state index is 0.227. The summed E-state index contributed by atoms with van der Waals surface area (Å²) in [4.78, 5) is 14.0. The molecular weight excluding hydrogens is 332 g/mol. The zero-order valence-electron chi connectivity index (χ0n) is 16.0. The number of carbonyl (C=O) groups excluding carboxylic acids is 1. The van der Waals surface area contributed by atoms with Crippen LogP contribution in [0.3, 0.4) is 0 Å². The maximum Gasteiger partial charge on any atom is 0.255 e. The summed E-state index contributed by atoms with van der Waals surface area (Å²) in [5.41, 5.74) is 2.72. The third kappa shape index (κ3) is 4.46. The molecule has 0 radical (unpaired) electrons. The minimum atomic E-state index is -0.227. The molecule has 0 aliphatic heterocycles. The second-order valence-electron chi connectivity index (χ2n) is 6.22. The van der Waals surface area contributed by atoms with Crippen molar-refractivity contribution in [2.45, 2.75) is 13.1 Å². The van der Waals surface area contributed by atoms with Crippen LogP contribution in [0.15, 0.2) is 36.4 Å². The van der Waals surface area contributed by atoms with Gasteiger partial charge in [-0.15, -0.1) is 0 Å². The van der Waals surface area contributed by atoms with E-state index in [9.17, 15) is 4.79 Å². The van der Waals surface area contributed by atoms with Crippen LogP contribution in [0.2, 0.25) is 0 Å². The molecule has 0 aliphatic carbocycles. The quantitative estimate of drug-likeness (QED) is 0.746. The molecule has 0 heterocycles. The summed E-state index contributed by atoms with van der Waals surface area (Å²) in [5, 5.41) is 2.97. The number of ether oxygens (including phenoxy) is 3. The van der Waals surface area contributed by atoms with Crippen LogP contribution in [-0.4, -0.2) is 41.3 Å². The topological polar surface area (TPSA) is 61.2 Å². The molecule has 6 nitrogen and oxygen atoms in total. The van der Waals surface area contributed by atoms with Gasteiger partial charge in [0.15, 0.2) is 11.5 Å². The summed E-state index contributed by atoms with van der Waals surface area (Å²) in [6.45, 7) is 1.34. The molecule has 2 aromatic rings. The molecule has 2 rings (SSSR count). The minimum Gasteiger partial charge on any atom is -0.493 e. The van der Waals surface area contributed by atoms with Crippen molar-refractivity contribution in [2.24, 2.45) is 0 Å². The number of hydrogen-bond donors (Lipinski definition) is 2. The summed E-state index contributed by atoms with van der Waals surface area (Å²) >= 11 is 0. The summed E-state index contributed by atoms with van der Waals surface area (Å²) < 4.78 is 16.0. The zero-order valence-corrected chi connectivity index (χ0v) is 16.0. The van der Waals surface area contributed by atoms with E-state index in [1.807, 2.05) is 18.2 Å². The first-order valence-electron chi connectivity index (χ1n) is 8.44. The standard InChI is InChI=1S/C20H26N2O4/c1-22(2)13-15-9-7-6-8-14(15)12-21-20(23)16-10-11-17(24-3)19(26-5)18(16)25-4/h6-11H,12-13H2,1-5H3,(H,21,23)/p+1. The van der Waals surface area contributed by atoms with Crippen LogP contribution in [0.1, 0.15) is 21.5 Å². The molecule has 6 heteroatoms. The van der Waals surface area contributed by atoms with Gasteiger partial charge in [0.2, 0.25) is 5.75 Å². The molecule has 0 spiro atoms. The lowest BCUT2D eigenvalue weighted by Gasteiger charge is -2.16. The molecule has 0 aliphatic rings. The largest absolute Gasteiger partial charge is 0.493 e. The first kappa shape index (κ1) is 19.6. The van der Waals surface area contributed by atoms with Crippen LogP contribution < -0.4 is 24.4 Å². The maximum atomic E-state index is 12.7. The molecule has 2 aromatic carbocycles. The second kappa shape index (κ2) is 9.10. The van der Waals surface area contributed by atoms with Crippen LogP contribution in [0.4, 0.5) is 0 Å². The molecule has 2 N–H and O–H groups in total. The fourth-order valence-corrected chi connectivity index (χ4v) is 2.83. The predicted molar refractivity (Wildman–Crippen MR) is 100 cm³/mol. The summed E-state index contributed by atoms with van der Waals surface area (Å²) in [7, 11) is 8.76. The van der Waals surface area contributed by atoms with E-state index in [0.717, 1.165) is 12.1 Å². The van der Waals surface area contributed by atoms with Gasteiger partial charge in [-0.25, -0.2) is 0 Å². The van der Waals surface area contributed by atoms with Gasteiger partial charge >= 0.3 is 0 Å². The van der Waals surface area contributed by atoms with Gasteiger partial charge in [-0.1, -0.05) is 24.3 Å². The first-order valence-corrected chi connectivity index (χ1v) is 8.44. The third-order valence-corrected chi connectivity index (χ3v) is 4.05. The van der Waals surface area contributed by atoms with E-state index < -0.39 is 0 Å². The van der Waals surface area contributed by atoms with Crippen molar-refractivity contribution in [2.75, 3.05) is 35.4 Å². The number of carbonyl (C=O) groups is 1. The smallest absolute Gasteiger partial charge is 0.255 e. The lowest BCUT2D eigenvalue weighted by Crippen LogP contribution is -3.04. The van der Waals surface area contributed by atoms with Crippen molar-refractivity contribution >= 4 is 5.91 Å². The summed E-state index contributed by atoms with van der Waals surface area (Å²) in [6.07, 6.45) is 0. The van der Waals surface area contributed by atoms with Gasteiger partial charge < -0.3 is 24.4 Å². The number of benzene rings is 2. The van der Waals surface area contributed by atoms with E-state index in [1.54, 1.807) is 19.2 Å². The van der Waals surface area contributed by atoms with E-state index in [0.29, 0.717) is 29.4 Å². The molecule has 0 saturated carbocycles. The Morgan fingerprint density at radius 2 is 1.58 bits per heavy atom. The average molecular weight is 359 g/mol. The fourth-order valence-electron chi connectivity index (χ4n) is 2.83. The SMILES string of the molecule is COc1ccc(C(=O)NCc2ccccc2C[NH+](C)C)c(OC)c1OC. The van der Waals surface area contributed by atoms with E-state index in [-0.39, 0.29) is 5.91 Å². The molecule has 0 aromatic heterocycles. The maximum absolute atomic E-state index is 12.7. The van der Waals surface area contributed by atoms with Gasteiger partial charge in [0.25, 0.3) is 5.91 Å². The molecule has 140 valence electrons. The molecule has 1 amide bonds. The predicted octanol–water partition coefficient (Wildman–Crippen LogP) is 1.29. The van der Waals surface area contributed by atoms with E-state index in [4.69, 9.17) is 14.2 Å². The van der Waals surface area contributed by atoms with Crippen molar-refractivity contribution in [3.63, 3.8) is 0 Å². The monoisotopic (exact) mass is 359 g/mol. The van der Waals surface area contributed by atoms with Gasteiger partial charge in [0.1, 0.15) is 6.54 Å². The summed E-state index contributed by atoms with van der Waals surface area (Å²) in [6, 6.07) is 11.5. The second-order valence-corrected chi connectivity index (χ2v) is 6.22. The molecule has 0 bridgehead atoms. The number of amides is 1. The van der Waals surface area contributed by atoms with Gasteiger partial charge in [-0.05, 0) is 17.7 Å². The van der Waals surface area contributed by atoms with Crippen molar-refractivity contribution < 1.29 is 23.9 Å². The van der Waals surface area contributed by atoms with Crippen LogP contribution in [-0.2, 0) is 13.1 Å². The number of nitrogens with one attached hydrogen (secondary N) is 2. The number of hydrogen-bond acceptors (Lipinski definition) is 4. The molecular formula is C20H27N2O4+. The lowest BCUT2D eigenvalue weighted by molar-refractivity contribution is -0.872. The fraction of sp³-hybridized carbons (Fsp3) is 0.350. The van der Waals surface area contributed by atoms with Crippen molar-refractivity contribution in [1.29, 1.82) is 0 Å². The van der Waals surface area contributed by atoms with E-state index >= 15 is 0 Å². The highest BCUT2D eigenvalue weighted by Gasteiger charge is 2.20. The van der Waals surface area contributed by atoms with Crippen molar-refractivity contribution in [1.82, 2.24) is 5.32 Å². The van der Waals surface area contributed by atoms with Crippen LogP contribution >= 0.6 is 0 Å². The number of methoxy groups -OCH3 is 3. The zero-order chi connectivity index (χ0) is 19.1. The van der Waals surface area contributed by atoms with Gasteiger partial charge in [-0.3, -0.25) is 4.79 Å². The Labute approximate surface area is 154 Å². The van der Waals surface area contributed by atoms with Crippen LogP contribution in [0, 0.1) is 0 Å². The Hall–Kier alpha value is -2.73. The van der Waals surface area contributed by atoms with Crippen LogP contribution in [0.5, 0.6) is 17.2 Å². The first-order chi connectivity index (χ1) is 12.5. The highest BCUT2D eigenvalue weighted by molar-refractivity contribution is 5.98. The van der Waals surface area contributed by atoms with E-state index in [2.05, 4.69) is 25.5 Å². The van der Waals surface area contributed by atoms with E-state index in [1.165, 1.54) is 24.7 Å². The normalized spacial score (nSPS) is 10.5. The molecule has 0 saturated heterocycles. The molecule has 26 heavy (non-hydrogen) atoms. The van der Waals surface area contributed by atoms with Gasteiger partial charge in [-0.2, -0.15) is 0 Å². The Kier molecular flexibility index (Phi) is 6.86. The highest BCUT2D eigenvalue weighted by atomic mass is 16.5. The average Bonchev–Trinajstić information content (AvgIpc) is 2.65.